The molecule has 0 saturated carbocycles. The molecule has 17 heavy (non-hydrogen) atoms. The summed E-state index contributed by atoms with van der Waals surface area (Å²) in [4.78, 5) is 3.29. The predicted octanol–water partition coefficient (Wildman–Crippen LogP) is 2.91. The second kappa shape index (κ2) is 3.80. The van der Waals surface area contributed by atoms with E-state index in [1.54, 1.807) is 0 Å². The Kier molecular flexibility index (Phi) is 1.14. The Morgan fingerprint density at radius 3 is 2.76 bits per heavy atom. The van der Waals surface area contributed by atoms with Crippen LogP contribution in [0.2, 0.25) is 0 Å². The fourth-order valence-corrected chi connectivity index (χ4v) is 1.06. The number of aromatic nitrogens is 2. The first-order chi connectivity index (χ1) is 11.2. The number of benzene rings is 1. The molecule has 1 heterocycles. The van der Waals surface area contributed by atoms with Crippen molar-refractivity contribution in [2.75, 3.05) is 0 Å². The minimum Gasteiger partial charge on any atom is -0.508 e. The van der Waals surface area contributed by atoms with Crippen molar-refractivity contribution in [3.8, 4) is 11.4 Å². The summed E-state index contributed by atoms with van der Waals surface area (Å²) in [6.45, 7) is -2.95. The number of aromatic hydroxyl groups is 1. The second-order valence-corrected chi connectivity index (χ2v) is 2.95. The number of aryl methyl sites for hydroxylation is 1. The first-order valence-electron chi connectivity index (χ1n) is 8.16. The van der Waals surface area contributed by atoms with Crippen LogP contribution >= 0.6 is 0 Å². The third-order valence-electron chi connectivity index (χ3n) is 1.71. The van der Waals surface area contributed by atoms with Crippen LogP contribution < -0.4 is 0 Å². The highest BCUT2D eigenvalue weighted by Gasteiger charge is 2.31. The molecule has 0 saturated heterocycles. The highest BCUT2D eigenvalue weighted by atomic mass is 19.4. The van der Waals surface area contributed by atoms with E-state index in [1.165, 1.54) is 0 Å². The SMILES string of the molecule is [2H]c1c(O)c([2H])c(C(F)(F)F)c([2H])c1-n1c([2H])nc(C([2H])([2H])[2H])c1[2H]. The van der Waals surface area contributed by atoms with Crippen LogP contribution in [0.15, 0.2) is 30.6 Å². The molecular formula is C11H9F3N2O. The lowest BCUT2D eigenvalue weighted by molar-refractivity contribution is -0.137. The number of halogens is 3. The molecule has 1 aromatic carbocycles. The first kappa shape index (κ1) is 5.12. The monoisotopic (exact) mass is 250 g/mol. The van der Waals surface area contributed by atoms with E-state index in [0.29, 0.717) is 0 Å². The molecule has 0 radical (unpaired) electrons. The molecule has 0 fully saturated rings. The Morgan fingerprint density at radius 1 is 1.41 bits per heavy atom. The van der Waals surface area contributed by atoms with Crippen molar-refractivity contribution in [1.82, 2.24) is 9.55 Å². The van der Waals surface area contributed by atoms with Gasteiger partial charge in [0.25, 0.3) is 0 Å². The van der Waals surface area contributed by atoms with Gasteiger partial charge in [0.15, 0.2) is 0 Å². The van der Waals surface area contributed by atoms with Crippen LogP contribution in [-0.2, 0) is 6.18 Å². The van der Waals surface area contributed by atoms with Crippen molar-refractivity contribution in [1.29, 1.82) is 0 Å². The first-order valence-corrected chi connectivity index (χ1v) is 4.16. The zero-order valence-corrected chi connectivity index (χ0v) is 7.98. The fraction of sp³-hybridized carbons (Fsp3) is 0.182. The van der Waals surface area contributed by atoms with Gasteiger partial charge in [-0.1, -0.05) is 0 Å². The van der Waals surface area contributed by atoms with Gasteiger partial charge >= 0.3 is 6.18 Å². The van der Waals surface area contributed by atoms with Crippen LogP contribution in [-0.4, -0.2) is 14.7 Å². The lowest BCUT2D eigenvalue weighted by Gasteiger charge is -2.10. The number of alkyl halides is 3. The Balaban J connectivity index is 2.96. The average molecular weight is 250 g/mol. The quantitative estimate of drug-likeness (QED) is 0.845. The number of phenols is 1. The molecule has 90 valence electrons. The number of rotatable bonds is 1. The Hall–Kier alpha value is -1.98. The average Bonchev–Trinajstić information content (AvgIpc) is 2.72. The zero-order valence-electron chi connectivity index (χ0n) is 16.0. The van der Waals surface area contributed by atoms with Gasteiger partial charge in [0, 0.05) is 16.3 Å². The van der Waals surface area contributed by atoms with Crippen LogP contribution in [0.25, 0.3) is 5.69 Å². The van der Waals surface area contributed by atoms with E-state index in [-0.39, 0.29) is 4.57 Å². The standard InChI is InChI=1S/C11H9F3N2O/c1-7-5-16(6-15-7)9-2-8(11(12,13)14)3-10(17)4-9/h2-6,17H,1H3/i1D3,2D,3D,4D,5D,6D. The van der Waals surface area contributed by atoms with Gasteiger partial charge in [-0.25, -0.2) is 4.98 Å². The molecule has 1 aromatic heterocycles. The summed E-state index contributed by atoms with van der Waals surface area (Å²) in [5, 5.41) is 9.64. The normalized spacial score (nSPS) is 19.2. The van der Waals surface area contributed by atoms with E-state index >= 15 is 0 Å². The van der Waals surface area contributed by atoms with Crippen molar-refractivity contribution in [3.05, 3.63) is 41.9 Å². The lowest BCUT2D eigenvalue weighted by Crippen LogP contribution is -2.05. The Labute approximate surface area is 106 Å². The van der Waals surface area contributed by atoms with Gasteiger partial charge in [-0.2, -0.15) is 13.2 Å². The summed E-state index contributed by atoms with van der Waals surface area (Å²) in [5.74, 6) is -1.42. The molecule has 0 aliphatic carbocycles. The predicted molar refractivity (Wildman–Crippen MR) is 55.0 cm³/mol. The molecule has 0 atom stereocenters. The third kappa shape index (κ3) is 2.41. The summed E-state index contributed by atoms with van der Waals surface area (Å²) in [6, 6.07) is -4.07. The maximum atomic E-state index is 13.1. The molecule has 2 rings (SSSR count). The summed E-state index contributed by atoms with van der Waals surface area (Å²) >= 11 is 0. The fourth-order valence-electron chi connectivity index (χ4n) is 1.06. The minimum atomic E-state index is -5.23. The van der Waals surface area contributed by atoms with Gasteiger partial charge in [0.05, 0.1) is 28.7 Å². The van der Waals surface area contributed by atoms with E-state index in [0.717, 1.165) is 0 Å². The molecule has 0 unspecified atom stereocenters. The van der Waals surface area contributed by atoms with Crippen molar-refractivity contribution >= 4 is 0 Å². The van der Waals surface area contributed by atoms with Crippen molar-refractivity contribution in [2.45, 2.75) is 13.0 Å². The van der Waals surface area contributed by atoms with Crippen LogP contribution in [0.1, 0.15) is 22.2 Å². The summed E-state index contributed by atoms with van der Waals surface area (Å²) in [5.41, 5.74) is -3.84. The third-order valence-corrected chi connectivity index (χ3v) is 1.71. The van der Waals surface area contributed by atoms with Crippen molar-refractivity contribution in [3.63, 3.8) is 0 Å². The minimum absolute atomic E-state index is 0.237. The van der Waals surface area contributed by atoms with Crippen LogP contribution in [0.5, 0.6) is 5.75 Å². The Bertz CT molecular complexity index is 859. The van der Waals surface area contributed by atoms with Crippen LogP contribution in [0.3, 0.4) is 0 Å². The molecule has 3 nitrogen and oxygen atoms in total. The molecule has 0 bridgehead atoms. The molecule has 0 spiro atoms. The van der Waals surface area contributed by atoms with Gasteiger partial charge in [-0.3, -0.25) is 0 Å². The lowest BCUT2D eigenvalue weighted by atomic mass is 10.2. The molecule has 1 N–H and O–H groups in total. The van der Waals surface area contributed by atoms with E-state index in [4.69, 9.17) is 11.0 Å². The summed E-state index contributed by atoms with van der Waals surface area (Å²) in [6.07, 6.45) is -7.24. The molecule has 2 aromatic rings. The number of nitrogens with zero attached hydrogens (tertiary/aromatic N) is 2. The van der Waals surface area contributed by atoms with Gasteiger partial charge in [-0.15, -0.1) is 0 Å². The smallest absolute Gasteiger partial charge is 0.416 e. The summed E-state index contributed by atoms with van der Waals surface area (Å²) < 4.78 is 99.1. The van der Waals surface area contributed by atoms with E-state index < -0.39 is 66.3 Å². The maximum Gasteiger partial charge on any atom is 0.416 e. The van der Waals surface area contributed by atoms with Crippen molar-refractivity contribution in [2.24, 2.45) is 0 Å². The molecule has 0 amide bonds. The summed E-state index contributed by atoms with van der Waals surface area (Å²) in [7, 11) is 0. The van der Waals surface area contributed by atoms with Gasteiger partial charge < -0.3 is 9.67 Å². The van der Waals surface area contributed by atoms with Gasteiger partial charge in [-0.05, 0) is 18.9 Å². The molecule has 0 aliphatic rings. The highest BCUT2D eigenvalue weighted by Crippen LogP contribution is 2.33. The Morgan fingerprint density at radius 2 is 2.18 bits per heavy atom. The number of imidazole rings is 1. The number of hydrogen-bond donors (Lipinski definition) is 1. The maximum absolute atomic E-state index is 13.1. The van der Waals surface area contributed by atoms with Crippen molar-refractivity contribution < 1.29 is 29.2 Å². The van der Waals surface area contributed by atoms with E-state index in [2.05, 4.69) is 4.98 Å². The van der Waals surface area contributed by atoms with Gasteiger partial charge in [0.1, 0.15) is 7.12 Å². The molecular weight excluding hydrogens is 233 g/mol. The molecule has 0 aliphatic heterocycles. The zero-order chi connectivity index (χ0) is 19.5. The van der Waals surface area contributed by atoms with Crippen LogP contribution in [0.4, 0.5) is 13.2 Å². The number of hydrogen-bond acceptors (Lipinski definition) is 2. The number of phenolic OH excluding ortho intramolecular Hbond substituents is 1. The van der Waals surface area contributed by atoms with E-state index in [9.17, 15) is 18.3 Å². The highest BCUT2D eigenvalue weighted by molar-refractivity contribution is 5.44. The van der Waals surface area contributed by atoms with E-state index in [1.807, 2.05) is 0 Å². The van der Waals surface area contributed by atoms with Gasteiger partial charge in [0.2, 0.25) is 0 Å². The second-order valence-electron chi connectivity index (χ2n) is 2.95. The van der Waals surface area contributed by atoms with Crippen LogP contribution in [0, 0.1) is 6.85 Å². The topological polar surface area (TPSA) is 38.0 Å². The molecule has 6 heteroatoms. The largest absolute Gasteiger partial charge is 0.508 e.